The number of Topliss-reactive ketones (excluding diaryl/α,β-unsaturated/α-hetero) is 1. The molecule has 136 valence electrons. The number of aliphatic hydroxyl groups excluding tert-OH is 1. The van der Waals surface area contributed by atoms with E-state index in [-0.39, 0.29) is 21.9 Å². The molecule has 5 nitrogen and oxygen atoms in total. The summed E-state index contributed by atoms with van der Waals surface area (Å²) in [5.74, 6) is -0.879. The van der Waals surface area contributed by atoms with E-state index in [0.717, 1.165) is 20.6 Å². The number of ketones is 1. The number of aliphatic hydroxyl groups is 1. The number of hydrogen-bond acceptors (Lipinski definition) is 4. The molecule has 0 saturated carbocycles. The molecule has 3 aromatic carbocycles. The number of rotatable bonds is 1. The van der Waals surface area contributed by atoms with Gasteiger partial charge in [0.15, 0.2) is 5.76 Å². The molecule has 0 atom stereocenters. The van der Waals surface area contributed by atoms with Crippen molar-refractivity contribution in [2.75, 3.05) is 7.05 Å². The Labute approximate surface area is 157 Å². The quantitative estimate of drug-likeness (QED) is 0.514. The number of aryl methyl sites for hydroxylation is 1. The van der Waals surface area contributed by atoms with Crippen LogP contribution < -0.4 is 0 Å². The molecule has 4 rings (SSSR count). The highest BCUT2D eigenvalue weighted by atomic mass is 32.2. The van der Waals surface area contributed by atoms with Crippen molar-refractivity contribution < 1.29 is 18.3 Å². The molecular formula is C21H17NO4S. The standard InChI is InChI=1S/C21H17NO4S/c1-13-7-10-17-18(11-13)27(25,26)22(2)19(21(17)24)20(23)16-9-8-14-5-3-4-6-15(14)12-16/h3-12,23H,1-2H3/b20-19+. The minimum Gasteiger partial charge on any atom is -0.505 e. The van der Waals surface area contributed by atoms with Crippen molar-refractivity contribution in [2.45, 2.75) is 11.8 Å². The van der Waals surface area contributed by atoms with E-state index in [1.54, 1.807) is 25.1 Å². The average molecular weight is 379 g/mol. The monoisotopic (exact) mass is 379 g/mol. The van der Waals surface area contributed by atoms with Crippen LogP contribution >= 0.6 is 0 Å². The molecule has 0 radical (unpaired) electrons. The molecule has 3 aromatic rings. The van der Waals surface area contributed by atoms with E-state index in [1.807, 2.05) is 30.3 Å². The minimum absolute atomic E-state index is 0.0370. The lowest BCUT2D eigenvalue weighted by atomic mass is 10.0. The van der Waals surface area contributed by atoms with Crippen LogP contribution in [0.15, 0.2) is 71.3 Å². The third-order valence-corrected chi connectivity index (χ3v) is 6.59. The van der Waals surface area contributed by atoms with Crippen LogP contribution in [0.1, 0.15) is 21.5 Å². The van der Waals surface area contributed by atoms with Crippen LogP contribution in [0.4, 0.5) is 0 Å². The molecule has 6 heteroatoms. The Bertz CT molecular complexity index is 1240. The van der Waals surface area contributed by atoms with Crippen LogP contribution in [-0.4, -0.2) is 30.7 Å². The lowest BCUT2D eigenvalue weighted by Crippen LogP contribution is -2.37. The second-order valence-corrected chi connectivity index (χ2v) is 8.50. The van der Waals surface area contributed by atoms with Crippen LogP contribution in [-0.2, 0) is 10.0 Å². The van der Waals surface area contributed by atoms with E-state index in [9.17, 15) is 18.3 Å². The average Bonchev–Trinajstić information content (AvgIpc) is 2.66. The lowest BCUT2D eigenvalue weighted by Gasteiger charge is -2.29. The molecule has 1 aliphatic rings. The Morgan fingerprint density at radius 1 is 0.963 bits per heavy atom. The fourth-order valence-corrected chi connectivity index (χ4v) is 4.78. The van der Waals surface area contributed by atoms with E-state index in [0.29, 0.717) is 5.56 Å². The van der Waals surface area contributed by atoms with Crippen molar-refractivity contribution >= 4 is 32.3 Å². The Hall–Kier alpha value is -3.12. The molecule has 0 fully saturated rings. The summed E-state index contributed by atoms with van der Waals surface area (Å²) in [4.78, 5) is 12.9. The maximum Gasteiger partial charge on any atom is 0.265 e. The number of carbonyl (C=O) groups excluding carboxylic acids is 1. The number of allylic oxidation sites excluding steroid dienone is 1. The van der Waals surface area contributed by atoms with E-state index < -0.39 is 15.8 Å². The zero-order chi connectivity index (χ0) is 19.3. The van der Waals surface area contributed by atoms with Crippen molar-refractivity contribution in [1.82, 2.24) is 4.31 Å². The minimum atomic E-state index is -3.93. The summed E-state index contributed by atoms with van der Waals surface area (Å²) in [7, 11) is -2.64. The van der Waals surface area contributed by atoms with Crippen LogP contribution in [0.5, 0.6) is 0 Å². The van der Waals surface area contributed by atoms with E-state index in [2.05, 4.69) is 0 Å². The van der Waals surface area contributed by atoms with Crippen molar-refractivity contribution in [1.29, 1.82) is 0 Å². The van der Waals surface area contributed by atoms with Gasteiger partial charge < -0.3 is 5.11 Å². The van der Waals surface area contributed by atoms with Gasteiger partial charge in [0.05, 0.1) is 4.90 Å². The summed E-state index contributed by atoms with van der Waals surface area (Å²) in [6.07, 6.45) is 0. The van der Waals surface area contributed by atoms with Gasteiger partial charge in [-0.15, -0.1) is 0 Å². The predicted octanol–water partition coefficient (Wildman–Crippen LogP) is 3.89. The molecular weight excluding hydrogens is 362 g/mol. The van der Waals surface area contributed by atoms with Crippen LogP contribution in [0.2, 0.25) is 0 Å². The number of nitrogens with zero attached hydrogens (tertiary/aromatic N) is 1. The van der Waals surface area contributed by atoms with Gasteiger partial charge in [-0.25, -0.2) is 8.42 Å². The van der Waals surface area contributed by atoms with Gasteiger partial charge in [-0.2, -0.15) is 0 Å². The Morgan fingerprint density at radius 2 is 1.67 bits per heavy atom. The zero-order valence-corrected chi connectivity index (χ0v) is 15.6. The third-order valence-electron chi connectivity index (χ3n) is 4.80. The molecule has 1 N–H and O–H groups in total. The van der Waals surface area contributed by atoms with E-state index in [4.69, 9.17) is 0 Å². The molecule has 0 amide bonds. The number of fused-ring (bicyclic) bond motifs is 2. The van der Waals surface area contributed by atoms with Crippen molar-refractivity contribution in [3.05, 3.63) is 83.1 Å². The second kappa shape index (κ2) is 5.96. The summed E-state index contributed by atoms with van der Waals surface area (Å²) in [6, 6.07) is 17.5. The molecule has 0 bridgehead atoms. The molecule has 0 saturated heterocycles. The summed E-state index contributed by atoms with van der Waals surface area (Å²) in [6.45, 7) is 1.76. The van der Waals surface area contributed by atoms with Gasteiger partial charge in [-0.3, -0.25) is 9.10 Å². The van der Waals surface area contributed by atoms with Gasteiger partial charge in [0.25, 0.3) is 10.0 Å². The SMILES string of the molecule is Cc1ccc2c(c1)S(=O)(=O)N(C)/C(=C(/O)c1ccc3ccccc3c1)C2=O. The Balaban J connectivity index is 1.96. The topological polar surface area (TPSA) is 74.7 Å². The highest BCUT2D eigenvalue weighted by Crippen LogP contribution is 2.35. The number of likely N-dealkylation sites (N-methyl/N-ethyl adjacent to an activating group) is 1. The van der Waals surface area contributed by atoms with Gasteiger partial charge >= 0.3 is 0 Å². The van der Waals surface area contributed by atoms with Gasteiger partial charge in [0.1, 0.15) is 5.70 Å². The van der Waals surface area contributed by atoms with Gasteiger partial charge in [0.2, 0.25) is 5.78 Å². The normalized spacial score (nSPS) is 17.7. The number of sulfonamides is 1. The smallest absolute Gasteiger partial charge is 0.265 e. The summed E-state index contributed by atoms with van der Waals surface area (Å²) >= 11 is 0. The largest absolute Gasteiger partial charge is 0.505 e. The predicted molar refractivity (Wildman–Crippen MR) is 104 cm³/mol. The fraction of sp³-hybridized carbons (Fsp3) is 0.0952. The second-order valence-electron chi connectivity index (χ2n) is 6.56. The number of benzene rings is 3. The zero-order valence-electron chi connectivity index (χ0n) is 14.8. The first kappa shape index (κ1) is 17.3. The lowest BCUT2D eigenvalue weighted by molar-refractivity contribution is 0.100. The summed E-state index contributed by atoms with van der Waals surface area (Å²) in [5.41, 5.74) is 0.946. The molecule has 0 aliphatic carbocycles. The number of hydrogen-bond donors (Lipinski definition) is 1. The van der Waals surface area contributed by atoms with Gasteiger partial charge in [-0.1, -0.05) is 42.5 Å². The van der Waals surface area contributed by atoms with Crippen molar-refractivity contribution in [3.63, 3.8) is 0 Å². The summed E-state index contributed by atoms with van der Waals surface area (Å²) < 4.78 is 26.6. The van der Waals surface area contributed by atoms with Crippen LogP contribution in [0.3, 0.4) is 0 Å². The van der Waals surface area contributed by atoms with Crippen molar-refractivity contribution in [2.24, 2.45) is 0 Å². The fourth-order valence-electron chi connectivity index (χ4n) is 3.30. The molecule has 0 aromatic heterocycles. The van der Waals surface area contributed by atoms with Crippen LogP contribution in [0, 0.1) is 6.92 Å². The number of carbonyl (C=O) groups is 1. The van der Waals surface area contributed by atoms with Crippen LogP contribution in [0.25, 0.3) is 16.5 Å². The first-order valence-electron chi connectivity index (χ1n) is 8.37. The van der Waals surface area contributed by atoms with E-state index >= 15 is 0 Å². The highest BCUT2D eigenvalue weighted by molar-refractivity contribution is 7.89. The highest BCUT2D eigenvalue weighted by Gasteiger charge is 2.39. The van der Waals surface area contributed by atoms with E-state index in [1.165, 1.54) is 19.2 Å². The molecule has 1 aliphatic heterocycles. The van der Waals surface area contributed by atoms with Crippen molar-refractivity contribution in [3.8, 4) is 0 Å². The molecule has 1 heterocycles. The molecule has 27 heavy (non-hydrogen) atoms. The Kier molecular flexibility index (Phi) is 3.82. The molecule has 0 unspecified atom stereocenters. The van der Waals surface area contributed by atoms with Gasteiger partial charge in [-0.05, 0) is 41.5 Å². The Morgan fingerprint density at radius 3 is 2.41 bits per heavy atom. The molecule has 0 spiro atoms. The third kappa shape index (κ3) is 2.61. The van der Waals surface area contributed by atoms with Gasteiger partial charge in [0, 0.05) is 18.2 Å². The summed E-state index contributed by atoms with van der Waals surface area (Å²) in [5, 5.41) is 12.7. The maximum absolute atomic E-state index is 13.0. The first-order chi connectivity index (χ1) is 12.8. The first-order valence-corrected chi connectivity index (χ1v) is 9.81. The maximum atomic E-state index is 13.0.